The molecule has 0 unspecified atom stereocenters. The van der Waals surface area contributed by atoms with Crippen molar-refractivity contribution in [3.05, 3.63) is 48.0 Å². The number of para-hydroxylation sites is 2. The van der Waals surface area contributed by atoms with Gasteiger partial charge in [0.05, 0.1) is 11.4 Å². The highest BCUT2D eigenvalue weighted by molar-refractivity contribution is 7.99. The molecule has 0 amide bonds. The van der Waals surface area contributed by atoms with Gasteiger partial charge in [0.2, 0.25) is 0 Å². The number of fused-ring (bicyclic) bond motifs is 2. The molecule has 0 aromatic heterocycles. The topological polar surface area (TPSA) is 3.24 Å². The van der Waals surface area contributed by atoms with Crippen LogP contribution in [0.1, 0.15) is 70.8 Å². The first kappa shape index (κ1) is 20.9. The maximum Gasteiger partial charge on any atom is 0.0585 e. The van der Waals surface area contributed by atoms with Crippen molar-refractivity contribution in [3.8, 4) is 11.8 Å². The number of hydrogen-bond donors (Lipinski definition) is 0. The Morgan fingerprint density at radius 1 is 0.786 bits per heavy atom. The van der Waals surface area contributed by atoms with Gasteiger partial charge in [0.1, 0.15) is 0 Å². The zero-order valence-electron chi connectivity index (χ0n) is 17.5. The SMILES string of the molecule is CCCCCCCCC#CCCN1c2ccccc2Sc2cccc(CC)c21. The first-order valence-corrected chi connectivity index (χ1v) is 11.8. The van der Waals surface area contributed by atoms with Crippen molar-refractivity contribution < 1.29 is 0 Å². The summed E-state index contributed by atoms with van der Waals surface area (Å²) < 4.78 is 0. The molecule has 1 nitrogen and oxygen atoms in total. The molecule has 2 aromatic carbocycles. The van der Waals surface area contributed by atoms with Crippen molar-refractivity contribution in [1.29, 1.82) is 0 Å². The first-order valence-electron chi connectivity index (χ1n) is 11.0. The second-order valence-electron chi connectivity index (χ2n) is 7.46. The van der Waals surface area contributed by atoms with E-state index in [9.17, 15) is 0 Å². The smallest absolute Gasteiger partial charge is 0.0585 e. The molecule has 0 N–H and O–H groups in total. The molecule has 0 saturated carbocycles. The molecule has 28 heavy (non-hydrogen) atoms. The molecule has 3 rings (SSSR count). The third-order valence-electron chi connectivity index (χ3n) is 5.35. The minimum atomic E-state index is 0.923. The van der Waals surface area contributed by atoms with Crippen LogP contribution in [0.5, 0.6) is 0 Å². The van der Waals surface area contributed by atoms with E-state index in [2.05, 4.69) is 73.1 Å². The lowest BCUT2D eigenvalue weighted by Gasteiger charge is -2.34. The fourth-order valence-electron chi connectivity index (χ4n) is 3.82. The Kier molecular flexibility index (Phi) is 8.37. The van der Waals surface area contributed by atoms with Crippen molar-refractivity contribution in [2.45, 2.75) is 81.4 Å². The molecule has 1 aliphatic rings. The van der Waals surface area contributed by atoms with E-state index in [0.29, 0.717) is 0 Å². The molecule has 2 heteroatoms. The Morgan fingerprint density at radius 3 is 2.39 bits per heavy atom. The van der Waals surface area contributed by atoms with Crippen molar-refractivity contribution in [3.63, 3.8) is 0 Å². The summed E-state index contributed by atoms with van der Waals surface area (Å²) in [6.07, 6.45) is 11.1. The van der Waals surface area contributed by atoms with Crippen molar-refractivity contribution in [2.24, 2.45) is 0 Å². The van der Waals surface area contributed by atoms with Crippen LogP contribution in [-0.2, 0) is 6.42 Å². The molecule has 1 heterocycles. The Hall–Kier alpha value is -1.85. The summed E-state index contributed by atoms with van der Waals surface area (Å²) >= 11 is 1.90. The largest absolute Gasteiger partial charge is 0.338 e. The van der Waals surface area contributed by atoms with Crippen LogP contribution >= 0.6 is 11.8 Å². The van der Waals surface area contributed by atoms with Crippen LogP contribution in [0.25, 0.3) is 0 Å². The molecule has 0 fully saturated rings. The van der Waals surface area contributed by atoms with E-state index in [1.165, 1.54) is 65.3 Å². The standard InChI is InChI=1S/C26H33NS/c1-3-5-6-7-8-9-10-11-12-15-21-27-23-18-13-14-19-24(23)28-25-20-16-17-22(4-2)26(25)27/h13-14,16-20H,3-10,15,21H2,1-2H3. The van der Waals surface area contributed by atoms with Gasteiger partial charge in [-0.15, -0.1) is 11.8 Å². The van der Waals surface area contributed by atoms with Crippen molar-refractivity contribution >= 4 is 23.1 Å². The lowest BCUT2D eigenvalue weighted by molar-refractivity contribution is 0.614. The Morgan fingerprint density at radius 2 is 1.54 bits per heavy atom. The van der Waals surface area contributed by atoms with E-state index >= 15 is 0 Å². The fraction of sp³-hybridized carbons (Fsp3) is 0.462. The number of aryl methyl sites for hydroxylation is 1. The van der Waals surface area contributed by atoms with Crippen LogP contribution in [0.3, 0.4) is 0 Å². The lowest BCUT2D eigenvalue weighted by Crippen LogP contribution is -2.23. The first-order chi connectivity index (χ1) is 13.8. The Bertz CT molecular complexity index is 815. The van der Waals surface area contributed by atoms with E-state index in [1.54, 1.807) is 0 Å². The maximum atomic E-state index is 3.44. The van der Waals surface area contributed by atoms with Gasteiger partial charge in [-0.3, -0.25) is 0 Å². The van der Waals surface area contributed by atoms with Crippen LogP contribution < -0.4 is 4.90 Å². The molecule has 1 aliphatic heterocycles. The van der Waals surface area contributed by atoms with Gasteiger partial charge in [-0.25, -0.2) is 0 Å². The van der Waals surface area contributed by atoms with Crippen LogP contribution in [0.4, 0.5) is 11.4 Å². The number of hydrogen-bond acceptors (Lipinski definition) is 2. The van der Waals surface area contributed by atoms with Gasteiger partial charge < -0.3 is 4.90 Å². The minimum Gasteiger partial charge on any atom is -0.338 e. The predicted octanol–water partition coefficient (Wildman–Crippen LogP) is 8.00. The average Bonchev–Trinajstić information content (AvgIpc) is 2.73. The number of unbranched alkanes of at least 4 members (excludes halogenated alkanes) is 6. The van der Waals surface area contributed by atoms with Gasteiger partial charge in [-0.05, 0) is 36.6 Å². The Balaban J connectivity index is 1.61. The third-order valence-corrected chi connectivity index (χ3v) is 6.46. The summed E-state index contributed by atoms with van der Waals surface area (Å²) in [6.45, 7) is 5.48. The lowest BCUT2D eigenvalue weighted by atomic mass is 10.1. The zero-order chi connectivity index (χ0) is 19.6. The van der Waals surface area contributed by atoms with Crippen LogP contribution in [0.2, 0.25) is 0 Å². The highest BCUT2D eigenvalue weighted by atomic mass is 32.2. The summed E-state index contributed by atoms with van der Waals surface area (Å²) in [7, 11) is 0. The summed E-state index contributed by atoms with van der Waals surface area (Å²) in [5.74, 6) is 6.85. The van der Waals surface area contributed by atoms with Crippen LogP contribution in [0, 0.1) is 11.8 Å². The second-order valence-corrected chi connectivity index (χ2v) is 8.54. The quantitative estimate of drug-likeness (QED) is 0.315. The van der Waals surface area contributed by atoms with Gasteiger partial charge in [0, 0.05) is 29.2 Å². The van der Waals surface area contributed by atoms with Crippen molar-refractivity contribution in [1.82, 2.24) is 0 Å². The summed E-state index contributed by atoms with van der Waals surface area (Å²) in [5.41, 5.74) is 4.16. The Labute approximate surface area is 175 Å². The van der Waals surface area contributed by atoms with Crippen LogP contribution in [0.15, 0.2) is 52.3 Å². The summed E-state index contributed by atoms with van der Waals surface area (Å²) in [6, 6.07) is 15.5. The monoisotopic (exact) mass is 391 g/mol. The molecule has 148 valence electrons. The normalized spacial score (nSPS) is 12.1. The number of benzene rings is 2. The number of rotatable bonds is 9. The maximum absolute atomic E-state index is 3.44. The third kappa shape index (κ3) is 5.36. The van der Waals surface area contributed by atoms with E-state index in [-0.39, 0.29) is 0 Å². The molecule has 0 radical (unpaired) electrons. The van der Waals surface area contributed by atoms with Gasteiger partial charge in [0.25, 0.3) is 0 Å². The zero-order valence-corrected chi connectivity index (χ0v) is 18.3. The molecule has 0 aliphatic carbocycles. The molecular formula is C26H33NS. The minimum absolute atomic E-state index is 0.923. The molecule has 0 atom stereocenters. The molecule has 0 saturated heterocycles. The average molecular weight is 392 g/mol. The molecule has 2 aromatic rings. The van der Waals surface area contributed by atoms with Gasteiger partial charge in [0.15, 0.2) is 0 Å². The molecule has 0 bridgehead atoms. The summed E-state index contributed by atoms with van der Waals surface area (Å²) in [5, 5.41) is 0. The molecular weight excluding hydrogens is 358 g/mol. The van der Waals surface area contributed by atoms with Crippen molar-refractivity contribution in [2.75, 3.05) is 11.4 Å². The highest BCUT2D eigenvalue weighted by Crippen LogP contribution is 2.49. The second kappa shape index (κ2) is 11.2. The van der Waals surface area contributed by atoms with E-state index in [1.807, 2.05) is 11.8 Å². The fourth-order valence-corrected chi connectivity index (χ4v) is 4.97. The van der Waals surface area contributed by atoms with E-state index in [4.69, 9.17) is 0 Å². The predicted molar refractivity (Wildman–Crippen MR) is 124 cm³/mol. The van der Waals surface area contributed by atoms with E-state index in [0.717, 1.165) is 25.8 Å². The van der Waals surface area contributed by atoms with Gasteiger partial charge in [-0.1, -0.05) is 82.0 Å². The van der Waals surface area contributed by atoms with Gasteiger partial charge >= 0.3 is 0 Å². The van der Waals surface area contributed by atoms with E-state index < -0.39 is 0 Å². The van der Waals surface area contributed by atoms with Gasteiger partial charge in [-0.2, -0.15) is 0 Å². The molecule has 0 spiro atoms. The summed E-state index contributed by atoms with van der Waals surface area (Å²) in [4.78, 5) is 5.22. The highest BCUT2D eigenvalue weighted by Gasteiger charge is 2.24. The van der Waals surface area contributed by atoms with Crippen LogP contribution in [-0.4, -0.2) is 6.54 Å². The number of anilines is 2. The number of nitrogens with zero attached hydrogens (tertiary/aromatic N) is 1.